The SMILES string of the molecule is CC(C)(C)c1nc(-c2cccc(F)c2)c(CN)s1.Cl. The van der Waals surface area contributed by atoms with Crippen molar-refractivity contribution in [1.82, 2.24) is 4.98 Å². The monoisotopic (exact) mass is 300 g/mol. The Morgan fingerprint density at radius 3 is 2.53 bits per heavy atom. The molecule has 5 heteroatoms. The average Bonchev–Trinajstić information content (AvgIpc) is 2.72. The van der Waals surface area contributed by atoms with E-state index in [0.29, 0.717) is 6.54 Å². The second-order valence-electron chi connectivity index (χ2n) is 5.26. The first kappa shape index (κ1) is 16.1. The zero-order chi connectivity index (χ0) is 13.3. The van der Waals surface area contributed by atoms with Crippen molar-refractivity contribution in [2.24, 2.45) is 5.73 Å². The Morgan fingerprint density at radius 1 is 1.32 bits per heavy atom. The highest BCUT2D eigenvalue weighted by atomic mass is 35.5. The lowest BCUT2D eigenvalue weighted by Crippen LogP contribution is -2.10. The molecule has 19 heavy (non-hydrogen) atoms. The number of halogens is 2. The van der Waals surface area contributed by atoms with Gasteiger partial charge in [0.2, 0.25) is 0 Å². The summed E-state index contributed by atoms with van der Waals surface area (Å²) >= 11 is 1.61. The van der Waals surface area contributed by atoms with Gasteiger partial charge in [0.05, 0.1) is 10.7 Å². The molecule has 104 valence electrons. The number of nitrogens with zero attached hydrogens (tertiary/aromatic N) is 1. The molecule has 2 rings (SSSR count). The van der Waals surface area contributed by atoms with E-state index in [1.165, 1.54) is 12.1 Å². The van der Waals surface area contributed by atoms with Gasteiger partial charge in [-0.1, -0.05) is 32.9 Å². The van der Waals surface area contributed by atoms with Crippen LogP contribution in [-0.4, -0.2) is 4.98 Å². The molecule has 2 aromatic rings. The van der Waals surface area contributed by atoms with Crippen LogP contribution in [0.15, 0.2) is 24.3 Å². The van der Waals surface area contributed by atoms with Gasteiger partial charge in [-0.05, 0) is 12.1 Å². The predicted molar refractivity (Wildman–Crippen MR) is 81.3 cm³/mol. The van der Waals surface area contributed by atoms with Crippen LogP contribution in [-0.2, 0) is 12.0 Å². The summed E-state index contributed by atoms with van der Waals surface area (Å²) in [5, 5.41) is 1.03. The van der Waals surface area contributed by atoms with Gasteiger partial charge in [-0.25, -0.2) is 9.37 Å². The Balaban J connectivity index is 0.00000180. The summed E-state index contributed by atoms with van der Waals surface area (Å²) < 4.78 is 13.3. The Morgan fingerprint density at radius 2 is 2.00 bits per heavy atom. The first-order chi connectivity index (χ1) is 8.41. The number of thiazole rings is 1. The van der Waals surface area contributed by atoms with Crippen molar-refractivity contribution >= 4 is 23.7 Å². The van der Waals surface area contributed by atoms with Crippen LogP contribution >= 0.6 is 23.7 Å². The molecule has 0 aliphatic rings. The van der Waals surface area contributed by atoms with Gasteiger partial charge in [0.1, 0.15) is 5.82 Å². The third-order valence-corrected chi connectivity index (χ3v) is 4.13. The molecule has 1 aromatic heterocycles. The van der Waals surface area contributed by atoms with Crippen molar-refractivity contribution in [3.05, 3.63) is 40.0 Å². The minimum Gasteiger partial charge on any atom is -0.326 e. The van der Waals surface area contributed by atoms with Crippen LogP contribution < -0.4 is 5.73 Å². The molecule has 2 N–H and O–H groups in total. The summed E-state index contributed by atoms with van der Waals surface area (Å²) in [6.45, 7) is 6.77. The maximum absolute atomic E-state index is 13.3. The third-order valence-electron chi connectivity index (χ3n) is 2.62. The van der Waals surface area contributed by atoms with E-state index in [-0.39, 0.29) is 23.6 Å². The molecule has 0 radical (unpaired) electrons. The van der Waals surface area contributed by atoms with E-state index in [1.54, 1.807) is 17.4 Å². The Bertz CT molecular complexity index is 561. The molecular formula is C14H18ClFN2S. The van der Waals surface area contributed by atoms with Gasteiger partial charge in [-0.2, -0.15) is 0 Å². The van der Waals surface area contributed by atoms with E-state index in [9.17, 15) is 4.39 Å². The molecule has 0 saturated heterocycles. The quantitative estimate of drug-likeness (QED) is 0.906. The predicted octanol–water partition coefficient (Wildman–Crippen LogP) is 4.13. The largest absolute Gasteiger partial charge is 0.326 e. The Hall–Kier alpha value is -0.970. The van der Waals surface area contributed by atoms with Crippen molar-refractivity contribution in [3.8, 4) is 11.3 Å². The second kappa shape index (κ2) is 5.99. The van der Waals surface area contributed by atoms with Gasteiger partial charge in [0, 0.05) is 22.4 Å². The number of benzene rings is 1. The van der Waals surface area contributed by atoms with Gasteiger partial charge >= 0.3 is 0 Å². The number of hydrogen-bond donors (Lipinski definition) is 1. The zero-order valence-electron chi connectivity index (χ0n) is 11.2. The number of aromatic nitrogens is 1. The van der Waals surface area contributed by atoms with Crippen LogP contribution in [0.25, 0.3) is 11.3 Å². The number of hydrogen-bond acceptors (Lipinski definition) is 3. The molecule has 0 saturated carbocycles. The number of rotatable bonds is 2. The van der Waals surface area contributed by atoms with E-state index in [1.807, 2.05) is 6.07 Å². The van der Waals surface area contributed by atoms with Gasteiger partial charge in [0.15, 0.2) is 0 Å². The summed E-state index contributed by atoms with van der Waals surface area (Å²) in [4.78, 5) is 5.64. The van der Waals surface area contributed by atoms with Crippen LogP contribution in [0.3, 0.4) is 0 Å². The van der Waals surface area contributed by atoms with Crippen molar-refractivity contribution < 1.29 is 4.39 Å². The van der Waals surface area contributed by atoms with Crippen LogP contribution in [0, 0.1) is 5.82 Å². The fourth-order valence-corrected chi connectivity index (χ4v) is 2.69. The van der Waals surface area contributed by atoms with Gasteiger partial charge < -0.3 is 5.73 Å². The van der Waals surface area contributed by atoms with Crippen molar-refractivity contribution in [2.45, 2.75) is 32.7 Å². The van der Waals surface area contributed by atoms with E-state index in [2.05, 4.69) is 25.8 Å². The molecular weight excluding hydrogens is 283 g/mol. The second-order valence-corrected chi connectivity index (χ2v) is 6.34. The molecule has 0 spiro atoms. The average molecular weight is 301 g/mol. The van der Waals surface area contributed by atoms with Crippen LogP contribution in [0.4, 0.5) is 4.39 Å². The molecule has 1 aromatic carbocycles. The molecule has 0 fully saturated rings. The first-order valence-electron chi connectivity index (χ1n) is 5.88. The minimum atomic E-state index is -0.249. The first-order valence-corrected chi connectivity index (χ1v) is 6.69. The van der Waals surface area contributed by atoms with Crippen LogP contribution in [0.2, 0.25) is 0 Å². The molecule has 0 aliphatic heterocycles. The lowest BCUT2D eigenvalue weighted by molar-refractivity contribution is 0.586. The fourth-order valence-electron chi connectivity index (χ4n) is 1.67. The lowest BCUT2D eigenvalue weighted by Gasteiger charge is -2.13. The maximum Gasteiger partial charge on any atom is 0.123 e. The molecule has 2 nitrogen and oxygen atoms in total. The van der Waals surface area contributed by atoms with Gasteiger partial charge in [0.25, 0.3) is 0 Å². The third kappa shape index (κ3) is 3.53. The molecule has 0 atom stereocenters. The molecule has 0 bridgehead atoms. The molecule has 1 heterocycles. The van der Waals surface area contributed by atoms with E-state index >= 15 is 0 Å². The summed E-state index contributed by atoms with van der Waals surface area (Å²) in [5.74, 6) is -0.249. The number of nitrogens with two attached hydrogens (primary N) is 1. The summed E-state index contributed by atoms with van der Waals surface area (Å²) in [7, 11) is 0. The van der Waals surface area contributed by atoms with E-state index in [4.69, 9.17) is 5.73 Å². The van der Waals surface area contributed by atoms with Crippen LogP contribution in [0.1, 0.15) is 30.7 Å². The standard InChI is InChI=1S/C14H17FN2S.ClH/c1-14(2,3)13-17-12(11(8-16)18-13)9-5-4-6-10(15)7-9;/h4-7H,8,16H2,1-3H3;1H. The van der Waals surface area contributed by atoms with E-state index < -0.39 is 0 Å². The highest BCUT2D eigenvalue weighted by Gasteiger charge is 2.21. The summed E-state index contributed by atoms with van der Waals surface area (Å²) in [6, 6.07) is 6.49. The van der Waals surface area contributed by atoms with Gasteiger partial charge in [-0.15, -0.1) is 23.7 Å². The van der Waals surface area contributed by atoms with Crippen LogP contribution in [0.5, 0.6) is 0 Å². The fraction of sp³-hybridized carbons (Fsp3) is 0.357. The summed E-state index contributed by atoms with van der Waals surface area (Å²) in [6.07, 6.45) is 0. The smallest absolute Gasteiger partial charge is 0.123 e. The highest BCUT2D eigenvalue weighted by Crippen LogP contribution is 2.34. The molecule has 0 aliphatic carbocycles. The van der Waals surface area contributed by atoms with Crippen molar-refractivity contribution in [2.75, 3.05) is 0 Å². The lowest BCUT2D eigenvalue weighted by atomic mass is 9.98. The Labute approximate surface area is 123 Å². The highest BCUT2D eigenvalue weighted by molar-refractivity contribution is 7.12. The normalized spacial score (nSPS) is 11.2. The van der Waals surface area contributed by atoms with E-state index in [0.717, 1.165) is 21.1 Å². The topological polar surface area (TPSA) is 38.9 Å². The van der Waals surface area contributed by atoms with Crippen molar-refractivity contribution in [3.63, 3.8) is 0 Å². The molecule has 0 amide bonds. The van der Waals surface area contributed by atoms with Gasteiger partial charge in [-0.3, -0.25) is 0 Å². The zero-order valence-corrected chi connectivity index (χ0v) is 12.9. The molecule has 0 unspecified atom stereocenters. The summed E-state index contributed by atoms with van der Waals surface area (Å²) in [5.41, 5.74) is 7.35. The Kier molecular flexibility index (Phi) is 5.07. The van der Waals surface area contributed by atoms with Crippen molar-refractivity contribution in [1.29, 1.82) is 0 Å². The minimum absolute atomic E-state index is 0. The maximum atomic E-state index is 13.3.